The van der Waals surface area contributed by atoms with Gasteiger partial charge in [-0.1, -0.05) is 37.1 Å². The predicted octanol–water partition coefficient (Wildman–Crippen LogP) is 2.79. The summed E-state index contributed by atoms with van der Waals surface area (Å²) in [6.07, 6.45) is 5.09. The highest BCUT2D eigenvalue weighted by molar-refractivity contribution is 14.0. The van der Waals surface area contributed by atoms with Gasteiger partial charge < -0.3 is 15.7 Å². The lowest BCUT2D eigenvalue weighted by molar-refractivity contribution is 0.280. The van der Waals surface area contributed by atoms with E-state index in [1.807, 2.05) is 24.3 Å². The van der Waals surface area contributed by atoms with Crippen molar-refractivity contribution in [3.63, 3.8) is 0 Å². The molecule has 3 N–H and O–H groups in total. The lowest BCUT2D eigenvalue weighted by Crippen LogP contribution is -2.42. The van der Waals surface area contributed by atoms with Crippen LogP contribution in [0.5, 0.6) is 0 Å². The summed E-state index contributed by atoms with van der Waals surface area (Å²) < 4.78 is 0. The molecule has 2 rings (SSSR count). The summed E-state index contributed by atoms with van der Waals surface area (Å²) >= 11 is 0. The van der Waals surface area contributed by atoms with Crippen LogP contribution in [-0.2, 0) is 13.2 Å². The monoisotopic (exact) mass is 403 g/mol. The van der Waals surface area contributed by atoms with E-state index in [1.54, 1.807) is 0 Å². The molecule has 0 bridgehead atoms. The Morgan fingerprint density at radius 2 is 1.90 bits per heavy atom. The van der Waals surface area contributed by atoms with E-state index in [9.17, 15) is 5.11 Å². The zero-order chi connectivity index (χ0) is 14.2. The molecule has 1 aliphatic rings. The molecular formula is C16H26IN3O. The zero-order valence-corrected chi connectivity index (χ0v) is 15.0. The second kappa shape index (κ2) is 10.00. The number of nitrogens with one attached hydrogen (secondary N) is 2. The fraction of sp³-hybridized carbons (Fsp3) is 0.562. The molecule has 0 aliphatic heterocycles. The second-order valence-corrected chi connectivity index (χ2v) is 5.25. The highest BCUT2D eigenvalue weighted by Gasteiger charge is 2.15. The standard InChI is InChI=1S/C16H25N3O.HI/c1-2-17-16(19-15-9-5-6-10-15)18-11-13-7-3-4-8-14(13)12-20;/h3-4,7-8,15,20H,2,5-6,9-12H2,1H3,(H2,17,18,19);1H. The van der Waals surface area contributed by atoms with Crippen LogP contribution in [0.15, 0.2) is 29.3 Å². The molecule has 118 valence electrons. The van der Waals surface area contributed by atoms with Gasteiger partial charge in [0.1, 0.15) is 0 Å². The first-order valence-corrected chi connectivity index (χ1v) is 7.56. The maximum atomic E-state index is 9.34. The molecule has 0 unspecified atom stereocenters. The molecule has 1 aliphatic carbocycles. The molecule has 0 saturated heterocycles. The fourth-order valence-corrected chi connectivity index (χ4v) is 2.61. The molecule has 0 aromatic heterocycles. The van der Waals surface area contributed by atoms with Gasteiger partial charge in [-0.2, -0.15) is 0 Å². The van der Waals surface area contributed by atoms with Gasteiger partial charge in [0.2, 0.25) is 0 Å². The van der Waals surface area contributed by atoms with Crippen molar-refractivity contribution in [2.75, 3.05) is 6.54 Å². The Kier molecular flexibility index (Phi) is 8.68. The largest absolute Gasteiger partial charge is 0.392 e. The number of benzene rings is 1. The summed E-state index contributed by atoms with van der Waals surface area (Å²) in [6, 6.07) is 8.46. The summed E-state index contributed by atoms with van der Waals surface area (Å²) in [5, 5.41) is 16.1. The molecule has 5 heteroatoms. The Morgan fingerprint density at radius 1 is 1.24 bits per heavy atom. The van der Waals surface area contributed by atoms with E-state index in [0.717, 1.165) is 23.6 Å². The lowest BCUT2D eigenvalue weighted by atomic mass is 10.1. The molecule has 0 atom stereocenters. The summed E-state index contributed by atoms with van der Waals surface area (Å²) in [7, 11) is 0. The molecule has 0 spiro atoms. The average Bonchev–Trinajstić information content (AvgIpc) is 2.98. The van der Waals surface area contributed by atoms with Crippen molar-refractivity contribution in [3.8, 4) is 0 Å². The van der Waals surface area contributed by atoms with Crippen LogP contribution in [-0.4, -0.2) is 23.7 Å². The number of hydrogen-bond acceptors (Lipinski definition) is 2. The van der Waals surface area contributed by atoms with Gasteiger partial charge >= 0.3 is 0 Å². The number of nitrogens with zero attached hydrogens (tertiary/aromatic N) is 1. The minimum absolute atomic E-state index is 0. The van der Waals surface area contributed by atoms with Gasteiger partial charge in [0, 0.05) is 12.6 Å². The van der Waals surface area contributed by atoms with Crippen molar-refractivity contribution in [1.82, 2.24) is 10.6 Å². The molecule has 1 fully saturated rings. The van der Waals surface area contributed by atoms with E-state index in [2.05, 4.69) is 22.5 Å². The quantitative estimate of drug-likeness (QED) is 0.403. The van der Waals surface area contributed by atoms with Crippen molar-refractivity contribution < 1.29 is 5.11 Å². The highest BCUT2D eigenvalue weighted by atomic mass is 127. The van der Waals surface area contributed by atoms with Gasteiger partial charge in [0.05, 0.1) is 13.2 Å². The van der Waals surface area contributed by atoms with E-state index >= 15 is 0 Å². The molecular weight excluding hydrogens is 377 g/mol. The number of hydrogen-bond donors (Lipinski definition) is 3. The van der Waals surface area contributed by atoms with Gasteiger partial charge in [0.15, 0.2) is 5.96 Å². The summed E-state index contributed by atoms with van der Waals surface area (Å²) in [4.78, 5) is 4.64. The smallest absolute Gasteiger partial charge is 0.191 e. The number of aliphatic hydroxyl groups excluding tert-OH is 1. The summed E-state index contributed by atoms with van der Waals surface area (Å²) in [5.41, 5.74) is 2.03. The predicted molar refractivity (Wildman–Crippen MR) is 98.0 cm³/mol. The highest BCUT2D eigenvalue weighted by Crippen LogP contribution is 2.17. The number of rotatable bonds is 5. The second-order valence-electron chi connectivity index (χ2n) is 5.25. The Hall–Kier alpha value is -0.820. The van der Waals surface area contributed by atoms with Crippen LogP contribution in [0.1, 0.15) is 43.7 Å². The minimum atomic E-state index is 0. The molecule has 0 heterocycles. The number of guanidine groups is 1. The van der Waals surface area contributed by atoms with E-state index < -0.39 is 0 Å². The Balaban J connectivity index is 0.00000220. The average molecular weight is 403 g/mol. The third-order valence-corrected chi connectivity index (χ3v) is 3.74. The van der Waals surface area contributed by atoms with Gasteiger partial charge in [-0.3, -0.25) is 0 Å². The van der Waals surface area contributed by atoms with Crippen LogP contribution in [0.4, 0.5) is 0 Å². The van der Waals surface area contributed by atoms with Gasteiger partial charge in [-0.25, -0.2) is 4.99 Å². The van der Waals surface area contributed by atoms with E-state index in [1.165, 1.54) is 25.7 Å². The molecule has 1 aromatic carbocycles. The Morgan fingerprint density at radius 3 is 2.52 bits per heavy atom. The van der Waals surface area contributed by atoms with Crippen molar-refractivity contribution in [3.05, 3.63) is 35.4 Å². The van der Waals surface area contributed by atoms with Crippen LogP contribution in [0.2, 0.25) is 0 Å². The maximum absolute atomic E-state index is 9.34. The minimum Gasteiger partial charge on any atom is -0.392 e. The van der Waals surface area contributed by atoms with Crippen molar-refractivity contribution in [2.24, 2.45) is 4.99 Å². The van der Waals surface area contributed by atoms with Gasteiger partial charge in [-0.15, -0.1) is 24.0 Å². The molecule has 21 heavy (non-hydrogen) atoms. The number of aliphatic imine (C=N–C) groups is 1. The lowest BCUT2D eigenvalue weighted by Gasteiger charge is -2.16. The number of halogens is 1. The fourth-order valence-electron chi connectivity index (χ4n) is 2.61. The molecule has 0 amide bonds. The van der Waals surface area contributed by atoms with Crippen LogP contribution in [0.25, 0.3) is 0 Å². The van der Waals surface area contributed by atoms with Crippen LogP contribution in [0, 0.1) is 0 Å². The Bertz CT molecular complexity index is 445. The first-order chi connectivity index (χ1) is 9.83. The molecule has 1 saturated carbocycles. The van der Waals surface area contributed by atoms with Gasteiger partial charge in [-0.05, 0) is 30.9 Å². The third kappa shape index (κ3) is 5.82. The van der Waals surface area contributed by atoms with E-state index in [-0.39, 0.29) is 30.6 Å². The first kappa shape index (κ1) is 18.2. The maximum Gasteiger partial charge on any atom is 0.191 e. The van der Waals surface area contributed by atoms with E-state index in [0.29, 0.717) is 12.6 Å². The summed E-state index contributed by atoms with van der Waals surface area (Å²) in [5.74, 6) is 0.882. The Labute approximate surface area is 144 Å². The van der Waals surface area contributed by atoms with E-state index in [4.69, 9.17) is 0 Å². The molecule has 1 aromatic rings. The molecule has 0 radical (unpaired) electrons. The topological polar surface area (TPSA) is 56.7 Å². The van der Waals surface area contributed by atoms with Crippen LogP contribution >= 0.6 is 24.0 Å². The normalized spacial score (nSPS) is 15.6. The summed E-state index contributed by atoms with van der Waals surface area (Å²) in [6.45, 7) is 3.60. The van der Waals surface area contributed by atoms with Crippen molar-refractivity contribution in [2.45, 2.75) is 51.8 Å². The van der Waals surface area contributed by atoms with Crippen LogP contribution in [0.3, 0.4) is 0 Å². The SMILES string of the molecule is CCNC(=NCc1ccccc1CO)NC1CCCC1.I. The van der Waals surface area contributed by atoms with Crippen molar-refractivity contribution >= 4 is 29.9 Å². The first-order valence-electron chi connectivity index (χ1n) is 7.56. The van der Waals surface area contributed by atoms with Crippen LogP contribution < -0.4 is 10.6 Å². The zero-order valence-electron chi connectivity index (χ0n) is 12.6. The van der Waals surface area contributed by atoms with Gasteiger partial charge in [0.25, 0.3) is 0 Å². The van der Waals surface area contributed by atoms with Crippen molar-refractivity contribution in [1.29, 1.82) is 0 Å². The molecule has 4 nitrogen and oxygen atoms in total. The third-order valence-electron chi connectivity index (χ3n) is 3.74. The number of aliphatic hydroxyl groups is 1.